The molecule has 0 fully saturated rings. The molecule has 0 aliphatic rings. The fourth-order valence-electron chi connectivity index (χ4n) is 1.71. The maximum Gasteiger partial charge on any atom is 0.252 e. The molecule has 1 aromatic heterocycles. The van der Waals surface area contributed by atoms with E-state index in [2.05, 4.69) is 5.32 Å². The van der Waals surface area contributed by atoms with Crippen LogP contribution in [0.4, 0.5) is 5.69 Å². The molecule has 0 aliphatic heterocycles. The molecule has 3 N–H and O–H groups in total. The molecule has 0 unspecified atom stereocenters. The van der Waals surface area contributed by atoms with Crippen LogP contribution in [0.3, 0.4) is 0 Å². The van der Waals surface area contributed by atoms with E-state index in [-0.39, 0.29) is 10.8 Å². The quantitative estimate of drug-likeness (QED) is 0.474. The molecule has 0 aliphatic carbocycles. The Hall–Kier alpha value is -2.10. The van der Waals surface area contributed by atoms with Crippen LogP contribution < -0.4 is 15.2 Å². The van der Waals surface area contributed by atoms with Crippen LogP contribution in [0.1, 0.15) is 6.92 Å². The summed E-state index contributed by atoms with van der Waals surface area (Å²) in [6.07, 6.45) is 1.36. The summed E-state index contributed by atoms with van der Waals surface area (Å²) in [5, 5.41) is 19.1. The first kappa shape index (κ1) is 17.3. The maximum atomic E-state index is 12.1. The second kappa shape index (κ2) is 6.99. The van der Waals surface area contributed by atoms with Gasteiger partial charge in [0.2, 0.25) is 15.9 Å². The Labute approximate surface area is 138 Å². The fraction of sp³-hybridized carbons (Fsp3) is 0.143. The van der Waals surface area contributed by atoms with Crippen molar-refractivity contribution in [3.63, 3.8) is 0 Å². The number of primary sulfonamides is 1. The van der Waals surface area contributed by atoms with Gasteiger partial charge in [0.05, 0.1) is 10.1 Å². The highest BCUT2D eigenvalue weighted by Crippen LogP contribution is 2.21. The number of nitrogens with zero attached hydrogens (tertiary/aromatic N) is 1. The molecule has 122 valence electrons. The first-order valence-electron chi connectivity index (χ1n) is 6.56. The van der Waals surface area contributed by atoms with Crippen molar-refractivity contribution in [2.45, 2.75) is 22.1 Å². The molecule has 2 aromatic rings. The van der Waals surface area contributed by atoms with E-state index in [1.165, 1.54) is 30.5 Å². The predicted molar refractivity (Wildman–Crippen MR) is 87.2 cm³/mol. The number of benzene rings is 1. The fourth-order valence-corrected chi connectivity index (χ4v) is 3.08. The molecule has 2 rings (SSSR count). The summed E-state index contributed by atoms with van der Waals surface area (Å²) in [7, 11) is -3.76. The third-order valence-electron chi connectivity index (χ3n) is 2.91. The molecule has 1 amide bonds. The summed E-state index contributed by atoms with van der Waals surface area (Å²) in [6.45, 7) is 1.67. The first-order valence-corrected chi connectivity index (χ1v) is 8.98. The lowest BCUT2D eigenvalue weighted by Crippen LogP contribution is -2.30. The van der Waals surface area contributed by atoms with E-state index >= 15 is 0 Å². The highest BCUT2D eigenvalue weighted by Gasteiger charge is 2.19. The number of thioether (sulfide) groups is 1. The first-order chi connectivity index (χ1) is 10.8. The van der Waals surface area contributed by atoms with Crippen LogP contribution in [0.15, 0.2) is 58.6 Å². The Morgan fingerprint density at radius 2 is 1.91 bits per heavy atom. The average Bonchev–Trinajstić information content (AvgIpc) is 2.49. The van der Waals surface area contributed by atoms with Crippen LogP contribution in [0, 0.1) is 5.21 Å². The molecule has 0 radical (unpaired) electrons. The number of hydrogen-bond acceptors (Lipinski definition) is 5. The van der Waals surface area contributed by atoms with Gasteiger partial charge in [-0.25, -0.2) is 13.6 Å². The minimum Gasteiger partial charge on any atom is -0.618 e. The predicted octanol–water partition coefficient (Wildman–Crippen LogP) is 1.09. The highest BCUT2D eigenvalue weighted by molar-refractivity contribution is 8.00. The smallest absolute Gasteiger partial charge is 0.252 e. The molecule has 23 heavy (non-hydrogen) atoms. The van der Waals surface area contributed by atoms with Gasteiger partial charge in [-0.05, 0) is 49.0 Å². The van der Waals surface area contributed by atoms with Crippen molar-refractivity contribution in [3.8, 4) is 0 Å². The van der Waals surface area contributed by atoms with Gasteiger partial charge >= 0.3 is 0 Å². The zero-order chi connectivity index (χ0) is 17.0. The lowest BCUT2D eigenvalue weighted by molar-refractivity contribution is -0.645. The summed E-state index contributed by atoms with van der Waals surface area (Å²) < 4.78 is 23.0. The largest absolute Gasteiger partial charge is 0.618 e. The molecule has 0 saturated carbocycles. The molecular weight excluding hydrogens is 338 g/mol. The van der Waals surface area contributed by atoms with Gasteiger partial charge in [0.15, 0.2) is 6.20 Å². The Bertz CT molecular complexity index is 807. The number of nitrogens with one attached hydrogen (secondary N) is 1. The standard InChI is InChI=1S/C14H15N3O4S2/c1-10(22-13-4-2-3-9-17(13)19)14(18)16-11-5-7-12(8-6-11)23(15,20)21/h2-10H,1H3,(H,16,18)(H2,15,20,21)/t10-/m0/s1. The van der Waals surface area contributed by atoms with E-state index in [0.717, 1.165) is 11.8 Å². The van der Waals surface area contributed by atoms with Gasteiger partial charge in [0, 0.05) is 17.8 Å². The lowest BCUT2D eigenvalue weighted by atomic mass is 10.3. The SMILES string of the molecule is C[C@H](Sc1cccc[n+]1[O-])C(=O)Nc1ccc(S(N)(=O)=O)cc1. The Kier molecular flexibility index (Phi) is 5.24. The van der Waals surface area contributed by atoms with E-state index in [1.807, 2.05) is 0 Å². The molecule has 1 atom stereocenters. The molecule has 7 nitrogen and oxygen atoms in total. The normalized spacial score (nSPS) is 12.6. The minimum atomic E-state index is -3.76. The topological polar surface area (TPSA) is 116 Å². The molecule has 1 aromatic carbocycles. The summed E-state index contributed by atoms with van der Waals surface area (Å²) >= 11 is 1.13. The second-order valence-electron chi connectivity index (χ2n) is 4.68. The number of carbonyl (C=O) groups excluding carboxylic acids is 1. The number of aromatic nitrogens is 1. The van der Waals surface area contributed by atoms with Crippen LogP contribution in [0.2, 0.25) is 0 Å². The number of nitrogens with two attached hydrogens (primary N) is 1. The monoisotopic (exact) mass is 353 g/mol. The van der Waals surface area contributed by atoms with Crippen LogP contribution in [-0.4, -0.2) is 19.6 Å². The third-order valence-corrected chi connectivity index (χ3v) is 4.96. The maximum absolute atomic E-state index is 12.1. The number of carbonyl (C=O) groups is 1. The average molecular weight is 353 g/mol. The Morgan fingerprint density at radius 3 is 2.48 bits per heavy atom. The minimum absolute atomic E-state index is 0.0328. The zero-order valence-electron chi connectivity index (χ0n) is 12.2. The van der Waals surface area contributed by atoms with Crippen molar-refractivity contribution in [2.75, 3.05) is 5.32 Å². The van der Waals surface area contributed by atoms with Crippen molar-refractivity contribution in [3.05, 3.63) is 53.9 Å². The highest BCUT2D eigenvalue weighted by atomic mass is 32.2. The van der Waals surface area contributed by atoms with Gasteiger partial charge < -0.3 is 10.5 Å². The molecule has 0 saturated heterocycles. The van der Waals surface area contributed by atoms with E-state index < -0.39 is 15.3 Å². The van der Waals surface area contributed by atoms with Gasteiger partial charge in [0.1, 0.15) is 0 Å². The van der Waals surface area contributed by atoms with E-state index in [0.29, 0.717) is 15.4 Å². The van der Waals surface area contributed by atoms with Crippen molar-refractivity contribution in [2.24, 2.45) is 5.14 Å². The molecule has 0 spiro atoms. The van der Waals surface area contributed by atoms with Gasteiger partial charge in [-0.3, -0.25) is 4.79 Å². The van der Waals surface area contributed by atoms with E-state index in [9.17, 15) is 18.4 Å². The molecular formula is C14H15N3O4S2. The van der Waals surface area contributed by atoms with Crippen molar-refractivity contribution in [1.82, 2.24) is 0 Å². The number of pyridine rings is 1. The van der Waals surface area contributed by atoms with Crippen LogP contribution in [0.5, 0.6) is 0 Å². The molecule has 9 heteroatoms. The van der Waals surface area contributed by atoms with Gasteiger partial charge in [0.25, 0.3) is 5.03 Å². The second-order valence-corrected chi connectivity index (χ2v) is 7.61. The Morgan fingerprint density at radius 1 is 1.26 bits per heavy atom. The number of anilines is 1. The molecule has 1 heterocycles. The van der Waals surface area contributed by atoms with Gasteiger partial charge in [-0.1, -0.05) is 0 Å². The van der Waals surface area contributed by atoms with Crippen molar-refractivity contribution in [1.29, 1.82) is 0 Å². The number of amides is 1. The molecule has 0 bridgehead atoms. The van der Waals surface area contributed by atoms with E-state index in [1.54, 1.807) is 25.1 Å². The number of rotatable bonds is 5. The number of hydrogen-bond donors (Lipinski definition) is 2. The van der Waals surface area contributed by atoms with Crippen molar-refractivity contribution >= 4 is 33.4 Å². The summed E-state index contributed by atoms with van der Waals surface area (Å²) in [4.78, 5) is 12.1. The summed E-state index contributed by atoms with van der Waals surface area (Å²) in [5.41, 5.74) is 0.443. The number of sulfonamides is 1. The lowest BCUT2D eigenvalue weighted by Gasteiger charge is -2.11. The van der Waals surface area contributed by atoms with Gasteiger partial charge in [-0.2, -0.15) is 4.73 Å². The summed E-state index contributed by atoms with van der Waals surface area (Å²) in [6, 6.07) is 10.5. The van der Waals surface area contributed by atoms with E-state index in [4.69, 9.17) is 5.14 Å². The Balaban J connectivity index is 2.02. The van der Waals surface area contributed by atoms with Crippen LogP contribution in [-0.2, 0) is 14.8 Å². The van der Waals surface area contributed by atoms with Crippen LogP contribution >= 0.6 is 11.8 Å². The third kappa shape index (κ3) is 4.68. The zero-order valence-corrected chi connectivity index (χ0v) is 13.8. The summed E-state index contributed by atoms with van der Waals surface area (Å²) in [5.74, 6) is -0.304. The van der Waals surface area contributed by atoms with Crippen molar-refractivity contribution < 1.29 is 17.9 Å². The van der Waals surface area contributed by atoms with Gasteiger partial charge in [-0.15, -0.1) is 0 Å². The van der Waals surface area contributed by atoms with Crippen LogP contribution in [0.25, 0.3) is 0 Å².